The molecule has 0 aliphatic heterocycles. The standard InChI is InChI=1S/C14H19NO3/c1-3-9-18-13-8-6-5-7-12(13)14(17)15-11(4-2)10-16/h3,5-8,11,16H,1,4,9-10H2,2H3,(H,15,17)/t11-/m0/s1. The van der Waals surface area contributed by atoms with Crippen LogP contribution in [0.3, 0.4) is 0 Å². The average Bonchev–Trinajstić information content (AvgIpc) is 2.42. The van der Waals surface area contributed by atoms with E-state index in [-0.39, 0.29) is 18.6 Å². The zero-order valence-electron chi connectivity index (χ0n) is 10.6. The van der Waals surface area contributed by atoms with Crippen LogP contribution >= 0.6 is 0 Å². The number of rotatable bonds is 7. The van der Waals surface area contributed by atoms with E-state index in [1.165, 1.54) is 0 Å². The van der Waals surface area contributed by atoms with Crippen LogP contribution in [0.2, 0.25) is 0 Å². The molecule has 2 N–H and O–H groups in total. The van der Waals surface area contributed by atoms with Gasteiger partial charge >= 0.3 is 0 Å². The maximum absolute atomic E-state index is 12.0. The van der Waals surface area contributed by atoms with Gasteiger partial charge in [0, 0.05) is 0 Å². The molecule has 0 unspecified atom stereocenters. The van der Waals surface area contributed by atoms with Gasteiger partial charge in [-0.05, 0) is 18.6 Å². The molecule has 0 saturated heterocycles. The minimum atomic E-state index is -0.240. The highest BCUT2D eigenvalue weighted by atomic mass is 16.5. The number of aliphatic hydroxyl groups is 1. The molecule has 1 aromatic rings. The van der Waals surface area contributed by atoms with Crippen molar-refractivity contribution in [1.82, 2.24) is 5.32 Å². The Bertz CT molecular complexity index is 400. The van der Waals surface area contributed by atoms with E-state index in [1.54, 1.807) is 30.3 Å². The van der Waals surface area contributed by atoms with Gasteiger partial charge in [-0.2, -0.15) is 0 Å². The van der Waals surface area contributed by atoms with Gasteiger partial charge in [-0.1, -0.05) is 31.7 Å². The molecule has 0 bridgehead atoms. The third kappa shape index (κ3) is 3.89. The average molecular weight is 249 g/mol. The summed E-state index contributed by atoms with van der Waals surface area (Å²) in [4.78, 5) is 12.0. The Morgan fingerprint density at radius 3 is 2.89 bits per heavy atom. The summed E-state index contributed by atoms with van der Waals surface area (Å²) in [6.45, 7) is 5.75. The highest BCUT2D eigenvalue weighted by Crippen LogP contribution is 2.18. The normalized spacial score (nSPS) is 11.7. The summed E-state index contributed by atoms with van der Waals surface area (Å²) in [6.07, 6.45) is 2.30. The number of para-hydroxylation sites is 1. The number of nitrogens with one attached hydrogen (secondary N) is 1. The number of carbonyl (C=O) groups is 1. The molecule has 1 aromatic carbocycles. The van der Waals surface area contributed by atoms with Crippen molar-refractivity contribution < 1.29 is 14.6 Å². The lowest BCUT2D eigenvalue weighted by atomic mass is 10.1. The Morgan fingerprint density at radius 2 is 2.28 bits per heavy atom. The van der Waals surface area contributed by atoms with Crippen LogP contribution in [0.25, 0.3) is 0 Å². The second-order valence-corrected chi connectivity index (χ2v) is 3.86. The Kier molecular flexibility index (Phi) is 5.94. The number of ether oxygens (including phenoxy) is 1. The van der Waals surface area contributed by atoms with E-state index < -0.39 is 0 Å². The van der Waals surface area contributed by atoms with Crippen LogP contribution in [0, 0.1) is 0 Å². The summed E-state index contributed by atoms with van der Waals surface area (Å²) in [6, 6.07) is 6.77. The maximum Gasteiger partial charge on any atom is 0.255 e. The number of hydrogen-bond donors (Lipinski definition) is 2. The van der Waals surface area contributed by atoms with Crippen molar-refractivity contribution in [3.63, 3.8) is 0 Å². The third-order valence-electron chi connectivity index (χ3n) is 2.54. The molecule has 0 aliphatic rings. The van der Waals surface area contributed by atoms with Crippen molar-refractivity contribution in [3.05, 3.63) is 42.5 Å². The SMILES string of the molecule is C=CCOc1ccccc1C(=O)N[C@@H](CC)CO. The Morgan fingerprint density at radius 1 is 1.56 bits per heavy atom. The van der Waals surface area contributed by atoms with E-state index in [4.69, 9.17) is 9.84 Å². The summed E-state index contributed by atoms with van der Waals surface area (Å²) < 4.78 is 5.41. The first-order valence-electron chi connectivity index (χ1n) is 5.97. The second-order valence-electron chi connectivity index (χ2n) is 3.86. The number of benzene rings is 1. The molecule has 0 aliphatic carbocycles. The fourth-order valence-corrected chi connectivity index (χ4v) is 1.47. The van der Waals surface area contributed by atoms with Crippen molar-refractivity contribution in [1.29, 1.82) is 0 Å². The van der Waals surface area contributed by atoms with Crippen molar-refractivity contribution in [2.24, 2.45) is 0 Å². The van der Waals surface area contributed by atoms with Gasteiger partial charge in [0.05, 0.1) is 18.2 Å². The molecule has 0 heterocycles. The van der Waals surface area contributed by atoms with Crippen LogP contribution in [-0.4, -0.2) is 30.3 Å². The van der Waals surface area contributed by atoms with Crippen LogP contribution in [0.1, 0.15) is 23.7 Å². The number of amides is 1. The molecule has 0 fully saturated rings. The third-order valence-corrected chi connectivity index (χ3v) is 2.54. The van der Waals surface area contributed by atoms with Crippen molar-refractivity contribution in [2.45, 2.75) is 19.4 Å². The van der Waals surface area contributed by atoms with Gasteiger partial charge < -0.3 is 15.2 Å². The summed E-state index contributed by atoms with van der Waals surface area (Å²) in [5.74, 6) is 0.276. The molecule has 98 valence electrons. The first-order chi connectivity index (χ1) is 8.72. The zero-order valence-corrected chi connectivity index (χ0v) is 10.6. The molecule has 0 aromatic heterocycles. The molecule has 18 heavy (non-hydrogen) atoms. The Labute approximate surface area is 107 Å². The molecule has 0 radical (unpaired) electrons. The van der Waals surface area contributed by atoms with Gasteiger partial charge in [-0.15, -0.1) is 0 Å². The lowest BCUT2D eigenvalue weighted by Gasteiger charge is -2.15. The van der Waals surface area contributed by atoms with Crippen LogP contribution in [-0.2, 0) is 0 Å². The summed E-state index contributed by atoms with van der Waals surface area (Å²) >= 11 is 0. The van der Waals surface area contributed by atoms with Crippen molar-refractivity contribution in [2.75, 3.05) is 13.2 Å². The summed E-state index contributed by atoms with van der Waals surface area (Å²) in [5.41, 5.74) is 0.464. The Balaban J connectivity index is 2.80. The van der Waals surface area contributed by atoms with E-state index in [2.05, 4.69) is 11.9 Å². The second kappa shape index (κ2) is 7.50. The first-order valence-corrected chi connectivity index (χ1v) is 5.97. The molecular formula is C14H19NO3. The lowest BCUT2D eigenvalue weighted by molar-refractivity contribution is 0.0911. The van der Waals surface area contributed by atoms with Crippen LogP contribution in [0.15, 0.2) is 36.9 Å². The van der Waals surface area contributed by atoms with E-state index >= 15 is 0 Å². The number of aliphatic hydroxyl groups excluding tert-OH is 1. The van der Waals surface area contributed by atoms with E-state index in [0.29, 0.717) is 24.3 Å². The van der Waals surface area contributed by atoms with E-state index in [9.17, 15) is 4.79 Å². The highest BCUT2D eigenvalue weighted by molar-refractivity contribution is 5.97. The van der Waals surface area contributed by atoms with Gasteiger partial charge in [-0.3, -0.25) is 4.79 Å². The highest BCUT2D eigenvalue weighted by Gasteiger charge is 2.15. The fraction of sp³-hybridized carbons (Fsp3) is 0.357. The van der Waals surface area contributed by atoms with E-state index in [1.807, 2.05) is 6.92 Å². The minimum Gasteiger partial charge on any atom is -0.489 e. The molecule has 0 spiro atoms. The first kappa shape index (κ1) is 14.3. The van der Waals surface area contributed by atoms with Crippen LogP contribution in [0.5, 0.6) is 5.75 Å². The van der Waals surface area contributed by atoms with Crippen LogP contribution < -0.4 is 10.1 Å². The quantitative estimate of drug-likeness (QED) is 0.724. The minimum absolute atomic E-state index is 0.0715. The number of hydrogen-bond acceptors (Lipinski definition) is 3. The zero-order chi connectivity index (χ0) is 13.4. The monoisotopic (exact) mass is 249 g/mol. The summed E-state index contributed by atoms with van der Waals surface area (Å²) in [5, 5.41) is 11.8. The molecular weight excluding hydrogens is 230 g/mol. The van der Waals surface area contributed by atoms with Crippen molar-refractivity contribution in [3.8, 4) is 5.75 Å². The predicted octanol–water partition coefficient (Wildman–Crippen LogP) is 1.75. The molecule has 4 heteroatoms. The predicted molar refractivity (Wildman–Crippen MR) is 70.8 cm³/mol. The smallest absolute Gasteiger partial charge is 0.255 e. The van der Waals surface area contributed by atoms with Crippen molar-refractivity contribution >= 4 is 5.91 Å². The fourth-order valence-electron chi connectivity index (χ4n) is 1.47. The largest absolute Gasteiger partial charge is 0.489 e. The summed E-state index contributed by atoms with van der Waals surface area (Å²) in [7, 11) is 0. The number of carbonyl (C=O) groups excluding carboxylic acids is 1. The van der Waals surface area contributed by atoms with Gasteiger partial charge in [-0.25, -0.2) is 0 Å². The lowest BCUT2D eigenvalue weighted by Crippen LogP contribution is -2.37. The topological polar surface area (TPSA) is 58.6 Å². The van der Waals surface area contributed by atoms with Gasteiger partial charge in [0.1, 0.15) is 12.4 Å². The van der Waals surface area contributed by atoms with E-state index in [0.717, 1.165) is 0 Å². The van der Waals surface area contributed by atoms with Crippen LogP contribution in [0.4, 0.5) is 0 Å². The molecule has 1 atom stereocenters. The van der Waals surface area contributed by atoms with Gasteiger partial charge in [0.2, 0.25) is 0 Å². The maximum atomic E-state index is 12.0. The molecule has 1 rings (SSSR count). The molecule has 0 saturated carbocycles. The Hall–Kier alpha value is -1.81. The molecule has 4 nitrogen and oxygen atoms in total. The molecule has 1 amide bonds. The van der Waals surface area contributed by atoms with Gasteiger partial charge in [0.25, 0.3) is 5.91 Å². The van der Waals surface area contributed by atoms with Gasteiger partial charge in [0.15, 0.2) is 0 Å².